The number of nitrogens with one attached hydrogen (secondary N) is 1. The Hall–Kier alpha value is -1.95. The van der Waals surface area contributed by atoms with Gasteiger partial charge in [-0.25, -0.2) is 4.39 Å². The first-order valence-corrected chi connectivity index (χ1v) is 8.39. The van der Waals surface area contributed by atoms with Crippen LogP contribution in [0.3, 0.4) is 0 Å². The van der Waals surface area contributed by atoms with E-state index in [2.05, 4.69) is 5.32 Å². The molecule has 132 valence electrons. The number of primary amides is 1. The van der Waals surface area contributed by atoms with Gasteiger partial charge in [-0.3, -0.25) is 14.5 Å². The van der Waals surface area contributed by atoms with Crippen LogP contribution in [0.5, 0.6) is 0 Å². The highest BCUT2D eigenvalue weighted by Crippen LogP contribution is 2.29. The third-order valence-electron chi connectivity index (χ3n) is 4.72. The summed E-state index contributed by atoms with van der Waals surface area (Å²) in [4.78, 5) is 26.7. The zero-order chi connectivity index (χ0) is 17.7. The summed E-state index contributed by atoms with van der Waals surface area (Å²) in [6.07, 6.45) is 4.89. The van der Waals surface area contributed by atoms with Gasteiger partial charge in [0, 0.05) is 0 Å². The quantitative estimate of drug-likeness (QED) is 0.809. The van der Waals surface area contributed by atoms with Crippen LogP contribution in [-0.4, -0.2) is 36.3 Å². The first-order chi connectivity index (χ1) is 11.4. The van der Waals surface area contributed by atoms with Crippen LogP contribution in [0, 0.1) is 5.82 Å². The lowest BCUT2D eigenvalue weighted by Crippen LogP contribution is -2.59. The van der Waals surface area contributed by atoms with Crippen molar-refractivity contribution in [3.05, 3.63) is 35.6 Å². The number of nitrogens with two attached hydrogens (primary N) is 1. The average Bonchev–Trinajstić information content (AvgIpc) is 2.73. The molecule has 0 heterocycles. The second kappa shape index (κ2) is 7.75. The molecule has 1 unspecified atom stereocenters. The lowest BCUT2D eigenvalue weighted by Gasteiger charge is -2.34. The molecule has 0 aliphatic heterocycles. The molecule has 1 atom stereocenters. The van der Waals surface area contributed by atoms with Gasteiger partial charge in [0.1, 0.15) is 17.4 Å². The molecule has 1 aromatic rings. The maximum absolute atomic E-state index is 13.5. The summed E-state index contributed by atoms with van der Waals surface area (Å²) in [5.41, 5.74) is 5.17. The van der Waals surface area contributed by atoms with Crippen LogP contribution in [0.2, 0.25) is 0 Å². The molecule has 1 aliphatic rings. The van der Waals surface area contributed by atoms with Crippen molar-refractivity contribution < 1.29 is 14.0 Å². The molecule has 3 N–H and O–H groups in total. The van der Waals surface area contributed by atoms with E-state index in [1.54, 1.807) is 31.1 Å². The highest BCUT2D eigenvalue weighted by Gasteiger charge is 2.40. The van der Waals surface area contributed by atoms with Crippen LogP contribution in [0.15, 0.2) is 24.3 Å². The zero-order valence-corrected chi connectivity index (χ0v) is 14.3. The molecule has 0 bridgehead atoms. The summed E-state index contributed by atoms with van der Waals surface area (Å²) >= 11 is 0. The number of carbonyl (C=O) groups is 2. The smallest absolute Gasteiger partial charge is 0.243 e. The molecule has 1 saturated carbocycles. The molecular formula is C18H26FN3O2. The molecule has 0 radical (unpaired) electrons. The second-order valence-corrected chi connectivity index (χ2v) is 6.77. The SMILES string of the molecule is CN(C)C(C(=O)NC1(C(N)=O)CCCCCC1)c1cccc(F)c1. The number of hydrogen-bond donors (Lipinski definition) is 2. The molecule has 5 nitrogen and oxygen atoms in total. The average molecular weight is 335 g/mol. The van der Waals surface area contributed by atoms with Crippen molar-refractivity contribution in [2.24, 2.45) is 5.73 Å². The Labute approximate surface area is 142 Å². The fraction of sp³-hybridized carbons (Fsp3) is 0.556. The lowest BCUT2D eigenvalue weighted by atomic mass is 9.88. The van der Waals surface area contributed by atoms with Gasteiger partial charge in [0.15, 0.2) is 0 Å². The molecule has 2 amide bonds. The Morgan fingerprint density at radius 2 is 1.83 bits per heavy atom. The highest BCUT2D eigenvalue weighted by atomic mass is 19.1. The maximum atomic E-state index is 13.5. The number of benzene rings is 1. The Balaban J connectivity index is 2.27. The highest BCUT2D eigenvalue weighted by molar-refractivity contribution is 5.92. The van der Waals surface area contributed by atoms with Crippen molar-refractivity contribution >= 4 is 11.8 Å². The maximum Gasteiger partial charge on any atom is 0.243 e. The molecular weight excluding hydrogens is 309 g/mol. The summed E-state index contributed by atoms with van der Waals surface area (Å²) in [6.45, 7) is 0. The van der Waals surface area contributed by atoms with Crippen molar-refractivity contribution in [2.45, 2.75) is 50.1 Å². The lowest BCUT2D eigenvalue weighted by molar-refractivity contribution is -0.134. The van der Waals surface area contributed by atoms with Gasteiger partial charge in [0.2, 0.25) is 11.8 Å². The van der Waals surface area contributed by atoms with Crippen LogP contribution in [0.4, 0.5) is 4.39 Å². The molecule has 1 fully saturated rings. The number of hydrogen-bond acceptors (Lipinski definition) is 3. The van der Waals surface area contributed by atoms with E-state index >= 15 is 0 Å². The third-order valence-corrected chi connectivity index (χ3v) is 4.72. The molecule has 0 spiro atoms. The number of rotatable bonds is 5. The Morgan fingerprint density at radius 3 is 2.33 bits per heavy atom. The minimum absolute atomic E-state index is 0.327. The van der Waals surface area contributed by atoms with E-state index in [4.69, 9.17) is 5.73 Å². The van der Waals surface area contributed by atoms with Crippen LogP contribution in [-0.2, 0) is 9.59 Å². The van der Waals surface area contributed by atoms with E-state index in [1.165, 1.54) is 12.1 Å². The number of halogens is 1. The monoisotopic (exact) mass is 335 g/mol. The minimum atomic E-state index is -1.00. The van der Waals surface area contributed by atoms with Crippen molar-refractivity contribution in [1.29, 1.82) is 0 Å². The van der Waals surface area contributed by atoms with Crippen molar-refractivity contribution in [3.63, 3.8) is 0 Å². The molecule has 1 aromatic carbocycles. The van der Waals surface area contributed by atoms with Crippen molar-refractivity contribution in [1.82, 2.24) is 10.2 Å². The van der Waals surface area contributed by atoms with E-state index in [-0.39, 0.29) is 5.91 Å². The van der Waals surface area contributed by atoms with Gasteiger partial charge in [-0.05, 0) is 44.6 Å². The van der Waals surface area contributed by atoms with Gasteiger partial charge in [-0.15, -0.1) is 0 Å². The number of carbonyl (C=O) groups excluding carboxylic acids is 2. The fourth-order valence-corrected chi connectivity index (χ4v) is 3.43. The van der Waals surface area contributed by atoms with E-state index in [0.717, 1.165) is 25.7 Å². The predicted molar refractivity (Wildman–Crippen MR) is 90.6 cm³/mol. The summed E-state index contributed by atoms with van der Waals surface area (Å²) in [6, 6.07) is 5.28. The first kappa shape index (κ1) is 18.4. The Kier molecular flexibility index (Phi) is 5.94. The fourth-order valence-electron chi connectivity index (χ4n) is 3.43. The largest absolute Gasteiger partial charge is 0.368 e. The second-order valence-electron chi connectivity index (χ2n) is 6.77. The minimum Gasteiger partial charge on any atom is -0.368 e. The van der Waals surface area contributed by atoms with Crippen molar-refractivity contribution in [3.8, 4) is 0 Å². The normalized spacial score (nSPS) is 18.7. The third kappa shape index (κ3) is 4.12. The molecule has 2 rings (SSSR count). The molecule has 0 saturated heterocycles. The first-order valence-electron chi connectivity index (χ1n) is 8.39. The van der Waals surface area contributed by atoms with E-state index in [1.807, 2.05) is 0 Å². The van der Waals surface area contributed by atoms with Crippen LogP contribution in [0.1, 0.15) is 50.1 Å². The Bertz CT molecular complexity index is 596. The molecule has 24 heavy (non-hydrogen) atoms. The van der Waals surface area contributed by atoms with E-state index in [0.29, 0.717) is 18.4 Å². The van der Waals surface area contributed by atoms with Crippen LogP contribution in [0.25, 0.3) is 0 Å². The van der Waals surface area contributed by atoms with E-state index in [9.17, 15) is 14.0 Å². The van der Waals surface area contributed by atoms with Gasteiger partial charge in [-0.2, -0.15) is 0 Å². The predicted octanol–water partition coefficient (Wildman–Crippen LogP) is 2.12. The summed E-state index contributed by atoms with van der Waals surface area (Å²) in [5, 5.41) is 2.89. The standard InChI is InChI=1S/C18H26FN3O2/c1-22(2)15(13-8-7-9-14(19)12-13)16(23)21-18(17(20)24)10-5-3-4-6-11-18/h7-9,12,15H,3-6,10-11H2,1-2H3,(H2,20,24)(H,21,23). The molecule has 0 aromatic heterocycles. The van der Waals surface area contributed by atoms with Gasteiger partial charge in [0.05, 0.1) is 0 Å². The topological polar surface area (TPSA) is 75.4 Å². The van der Waals surface area contributed by atoms with E-state index < -0.39 is 23.3 Å². The van der Waals surface area contributed by atoms with Gasteiger partial charge < -0.3 is 11.1 Å². The van der Waals surface area contributed by atoms with Crippen molar-refractivity contribution in [2.75, 3.05) is 14.1 Å². The Morgan fingerprint density at radius 1 is 1.21 bits per heavy atom. The van der Waals surface area contributed by atoms with Crippen LogP contribution < -0.4 is 11.1 Å². The molecule has 6 heteroatoms. The summed E-state index contributed by atoms with van der Waals surface area (Å²) in [7, 11) is 3.50. The van der Waals surface area contributed by atoms with Gasteiger partial charge >= 0.3 is 0 Å². The zero-order valence-electron chi connectivity index (χ0n) is 14.3. The van der Waals surface area contributed by atoms with Gasteiger partial charge in [0.25, 0.3) is 0 Å². The molecule has 1 aliphatic carbocycles. The summed E-state index contributed by atoms with van der Waals surface area (Å²) in [5.74, 6) is -1.22. The van der Waals surface area contributed by atoms with Crippen LogP contribution >= 0.6 is 0 Å². The summed E-state index contributed by atoms with van der Waals surface area (Å²) < 4.78 is 13.5. The number of likely N-dealkylation sites (N-methyl/N-ethyl adjacent to an activating group) is 1. The number of nitrogens with zero attached hydrogens (tertiary/aromatic N) is 1. The number of amides is 2. The van der Waals surface area contributed by atoms with Gasteiger partial charge in [-0.1, -0.05) is 37.8 Å².